The Morgan fingerprint density at radius 1 is 1.15 bits per heavy atom. The van der Waals surface area contributed by atoms with Crippen molar-refractivity contribution >= 4 is 22.0 Å². The maximum atomic E-state index is 12.5. The number of amides is 2. The number of nitrogens with two attached hydrogens (primary N) is 1. The van der Waals surface area contributed by atoms with Crippen LogP contribution >= 0.6 is 0 Å². The van der Waals surface area contributed by atoms with E-state index in [1.807, 2.05) is 6.92 Å². The van der Waals surface area contributed by atoms with Gasteiger partial charge in [-0.15, -0.1) is 0 Å². The number of rotatable bonds is 8. The summed E-state index contributed by atoms with van der Waals surface area (Å²) in [5, 5.41) is 3.91. The van der Waals surface area contributed by atoms with Gasteiger partial charge in [-0.2, -0.15) is 4.31 Å². The second-order valence-corrected chi connectivity index (χ2v) is 7.85. The Hall–Kier alpha value is -1.97. The Labute approximate surface area is 155 Å². The summed E-state index contributed by atoms with van der Waals surface area (Å²) in [5.74, 6) is -0.454. The van der Waals surface area contributed by atoms with Crippen molar-refractivity contribution in [3.8, 4) is 0 Å². The largest absolute Gasteiger partial charge is 0.453 e. The zero-order valence-electron chi connectivity index (χ0n) is 15.9. The fourth-order valence-electron chi connectivity index (χ4n) is 2.55. The molecule has 0 radical (unpaired) electrons. The quantitative estimate of drug-likeness (QED) is 0.680. The smallest absolute Gasteiger partial charge is 0.413 e. The van der Waals surface area contributed by atoms with Crippen molar-refractivity contribution in [3.05, 3.63) is 29.8 Å². The van der Waals surface area contributed by atoms with Crippen molar-refractivity contribution in [1.82, 2.24) is 9.62 Å². The van der Waals surface area contributed by atoms with Crippen molar-refractivity contribution in [2.24, 2.45) is 0 Å². The molecular weight excluding hydrogens is 358 g/mol. The zero-order valence-corrected chi connectivity index (χ0v) is 16.7. The monoisotopic (exact) mass is 386 g/mol. The first-order valence-electron chi connectivity index (χ1n) is 8.51. The van der Waals surface area contributed by atoms with E-state index in [2.05, 4.69) is 10.1 Å². The lowest BCUT2D eigenvalue weighted by Crippen LogP contribution is -2.92. The summed E-state index contributed by atoms with van der Waals surface area (Å²) < 4.78 is 30.8. The van der Waals surface area contributed by atoms with Crippen molar-refractivity contribution in [1.29, 1.82) is 0 Å². The second-order valence-electron chi connectivity index (χ2n) is 5.91. The van der Waals surface area contributed by atoms with Crippen LogP contribution in [-0.2, 0) is 19.6 Å². The number of ether oxygens (including phenoxy) is 1. The molecule has 0 aromatic heterocycles. The molecule has 0 saturated carbocycles. The van der Waals surface area contributed by atoms with E-state index < -0.39 is 28.1 Å². The standard InChI is InChI=1S/C17H27N3O5S/c1-6-20(7-2)26(23,24)15-10-8-14(9-11-15)12(3)18-13(4)16(21)19-17(22)25-5/h8-13,18H,6-7H2,1-5H3,(H,19,21,22)/p+1/t12-,13-/m0/s1. The highest BCUT2D eigenvalue weighted by Gasteiger charge is 2.24. The number of carbonyl (C=O) groups excluding carboxylic acids is 2. The summed E-state index contributed by atoms with van der Waals surface area (Å²) in [7, 11) is -2.30. The molecule has 0 aliphatic heterocycles. The van der Waals surface area contributed by atoms with Crippen LogP contribution in [0.4, 0.5) is 4.79 Å². The average molecular weight is 386 g/mol. The molecule has 9 heteroatoms. The highest BCUT2D eigenvalue weighted by atomic mass is 32.2. The molecule has 0 unspecified atom stereocenters. The van der Waals surface area contributed by atoms with Crippen molar-refractivity contribution < 1.29 is 28.1 Å². The molecule has 1 aromatic rings. The van der Waals surface area contributed by atoms with Gasteiger partial charge in [-0.05, 0) is 26.0 Å². The first-order valence-corrected chi connectivity index (χ1v) is 9.95. The fourth-order valence-corrected chi connectivity index (χ4v) is 4.01. The van der Waals surface area contributed by atoms with Gasteiger partial charge in [0.1, 0.15) is 6.04 Å². The van der Waals surface area contributed by atoms with E-state index in [0.29, 0.717) is 13.1 Å². The number of carbonyl (C=O) groups is 2. The molecule has 26 heavy (non-hydrogen) atoms. The van der Waals surface area contributed by atoms with Crippen LogP contribution in [0.1, 0.15) is 39.3 Å². The van der Waals surface area contributed by atoms with Crippen LogP contribution in [0.2, 0.25) is 0 Å². The van der Waals surface area contributed by atoms with E-state index in [4.69, 9.17) is 0 Å². The molecule has 0 aliphatic carbocycles. The van der Waals surface area contributed by atoms with Gasteiger partial charge in [0.05, 0.1) is 12.0 Å². The number of sulfonamides is 1. The Kier molecular flexibility index (Phi) is 8.19. The van der Waals surface area contributed by atoms with Gasteiger partial charge < -0.3 is 10.1 Å². The van der Waals surface area contributed by atoms with E-state index in [0.717, 1.165) is 5.56 Å². The number of hydrogen-bond acceptors (Lipinski definition) is 5. The highest BCUT2D eigenvalue weighted by molar-refractivity contribution is 7.89. The van der Waals surface area contributed by atoms with E-state index in [9.17, 15) is 18.0 Å². The van der Waals surface area contributed by atoms with Gasteiger partial charge in [-0.1, -0.05) is 26.0 Å². The molecule has 0 aliphatic rings. The van der Waals surface area contributed by atoms with E-state index >= 15 is 0 Å². The number of imide groups is 1. The number of alkyl carbamates (subject to hydrolysis) is 1. The van der Waals surface area contributed by atoms with Gasteiger partial charge in [-0.3, -0.25) is 10.1 Å². The molecule has 146 valence electrons. The van der Waals surface area contributed by atoms with Gasteiger partial charge in [-0.25, -0.2) is 13.2 Å². The summed E-state index contributed by atoms with van der Waals surface area (Å²) in [6.07, 6.45) is -0.797. The summed E-state index contributed by atoms with van der Waals surface area (Å²) in [5.41, 5.74) is 0.876. The molecule has 0 spiro atoms. The molecule has 1 rings (SSSR count). The first-order chi connectivity index (χ1) is 12.2. The van der Waals surface area contributed by atoms with Crippen LogP contribution in [0.15, 0.2) is 29.2 Å². The Balaban J connectivity index is 2.82. The first kappa shape index (κ1) is 22.1. The fraction of sp³-hybridized carbons (Fsp3) is 0.529. The Morgan fingerprint density at radius 2 is 1.69 bits per heavy atom. The maximum Gasteiger partial charge on any atom is 0.413 e. The summed E-state index contributed by atoms with van der Waals surface area (Å²) in [4.78, 5) is 23.2. The topological polar surface area (TPSA) is 109 Å². The molecule has 2 atom stereocenters. The van der Waals surface area contributed by atoms with Gasteiger partial charge in [0.2, 0.25) is 10.0 Å². The van der Waals surface area contributed by atoms with Gasteiger partial charge in [0.15, 0.2) is 6.04 Å². The number of quaternary nitrogens is 1. The number of nitrogens with one attached hydrogen (secondary N) is 1. The third-order valence-electron chi connectivity index (χ3n) is 4.15. The van der Waals surface area contributed by atoms with E-state index in [1.165, 1.54) is 11.4 Å². The van der Waals surface area contributed by atoms with E-state index in [1.54, 1.807) is 50.4 Å². The molecule has 0 saturated heterocycles. The second kappa shape index (κ2) is 9.65. The molecule has 0 bridgehead atoms. The van der Waals surface area contributed by atoms with Crippen LogP contribution in [-0.4, -0.2) is 51.0 Å². The molecule has 3 N–H and O–H groups in total. The number of hydrogen-bond donors (Lipinski definition) is 2. The molecule has 0 fully saturated rings. The Morgan fingerprint density at radius 3 is 2.15 bits per heavy atom. The summed E-state index contributed by atoms with van der Waals surface area (Å²) >= 11 is 0. The van der Waals surface area contributed by atoms with Crippen molar-refractivity contribution in [3.63, 3.8) is 0 Å². The van der Waals surface area contributed by atoms with E-state index in [-0.39, 0.29) is 10.9 Å². The third kappa shape index (κ3) is 5.52. The SMILES string of the molecule is CCN(CC)S(=O)(=O)c1ccc([C@H](C)[NH2+][C@@H](C)C(=O)NC(=O)OC)cc1. The van der Waals surface area contributed by atoms with Gasteiger partial charge in [0, 0.05) is 18.7 Å². The lowest BCUT2D eigenvalue weighted by molar-refractivity contribution is -0.710. The number of benzene rings is 1. The number of methoxy groups -OCH3 is 1. The number of nitrogens with zero attached hydrogens (tertiary/aromatic N) is 1. The molecule has 0 heterocycles. The predicted octanol–water partition coefficient (Wildman–Crippen LogP) is 0.613. The third-order valence-corrected chi connectivity index (χ3v) is 6.21. The maximum absolute atomic E-state index is 12.5. The molecular formula is C17H28N3O5S+. The van der Waals surface area contributed by atoms with Crippen molar-refractivity contribution in [2.75, 3.05) is 20.2 Å². The van der Waals surface area contributed by atoms with Crippen LogP contribution in [0, 0.1) is 0 Å². The Bertz CT molecular complexity index is 714. The minimum Gasteiger partial charge on any atom is -0.453 e. The van der Waals surface area contributed by atoms with Gasteiger partial charge >= 0.3 is 6.09 Å². The van der Waals surface area contributed by atoms with Crippen LogP contribution in [0.3, 0.4) is 0 Å². The van der Waals surface area contributed by atoms with Crippen LogP contribution in [0.5, 0.6) is 0 Å². The van der Waals surface area contributed by atoms with Crippen LogP contribution in [0.25, 0.3) is 0 Å². The molecule has 1 aromatic carbocycles. The van der Waals surface area contributed by atoms with Crippen LogP contribution < -0.4 is 10.6 Å². The summed E-state index contributed by atoms with van der Waals surface area (Å²) in [6, 6.07) is 6.02. The normalized spacial score (nSPS) is 13.9. The highest BCUT2D eigenvalue weighted by Crippen LogP contribution is 2.18. The predicted molar refractivity (Wildman–Crippen MR) is 96.9 cm³/mol. The minimum absolute atomic E-state index is 0.0985. The minimum atomic E-state index is -3.49. The average Bonchev–Trinajstić information content (AvgIpc) is 2.62. The lowest BCUT2D eigenvalue weighted by Gasteiger charge is -2.19. The lowest BCUT2D eigenvalue weighted by atomic mass is 10.1. The molecule has 2 amide bonds. The zero-order chi connectivity index (χ0) is 19.9. The van der Waals surface area contributed by atoms with Crippen molar-refractivity contribution in [2.45, 2.75) is 44.7 Å². The summed E-state index contributed by atoms with van der Waals surface area (Å²) in [6.45, 7) is 8.00. The van der Waals surface area contributed by atoms with Gasteiger partial charge in [0.25, 0.3) is 5.91 Å². The molecule has 8 nitrogen and oxygen atoms in total.